The molecule has 0 saturated carbocycles. The molecular weight excluding hydrogens is 408 g/mol. The number of aromatic nitrogens is 5. The number of nitro benzene ring substituents is 1. The Morgan fingerprint density at radius 3 is 2.41 bits per heavy atom. The highest BCUT2D eigenvalue weighted by molar-refractivity contribution is 5.96. The van der Waals surface area contributed by atoms with Crippen molar-refractivity contribution in [2.75, 3.05) is 0 Å². The van der Waals surface area contributed by atoms with E-state index in [4.69, 9.17) is 0 Å². The fourth-order valence-corrected chi connectivity index (χ4v) is 3.86. The van der Waals surface area contributed by atoms with Gasteiger partial charge in [-0.2, -0.15) is 10.2 Å². The zero-order valence-electron chi connectivity index (χ0n) is 17.4. The maximum atomic E-state index is 13.2. The lowest BCUT2D eigenvalue weighted by atomic mass is 10.1. The first-order valence-corrected chi connectivity index (χ1v) is 9.99. The smallest absolute Gasteiger partial charge is 0.265 e. The van der Waals surface area contributed by atoms with Crippen LogP contribution in [-0.4, -0.2) is 29.3 Å². The number of fused-ring (bicyclic) bond motifs is 3. The molecule has 9 nitrogen and oxygen atoms in total. The molecule has 0 N–H and O–H groups in total. The summed E-state index contributed by atoms with van der Waals surface area (Å²) in [5, 5.41) is 20.7. The van der Waals surface area contributed by atoms with Crippen LogP contribution in [0.25, 0.3) is 27.7 Å². The molecular formula is C23H18N6O3. The summed E-state index contributed by atoms with van der Waals surface area (Å²) in [6.45, 7) is 3.83. The molecule has 3 aromatic heterocycles. The van der Waals surface area contributed by atoms with Crippen molar-refractivity contribution in [1.82, 2.24) is 24.4 Å². The third kappa shape index (κ3) is 3.20. The topological polar surface area (TPSA) is 108 Å². The molecule has 0 unspecified atom stereocenters. The molecule has 5 aromatic rings. The molecule has 2 aromatic carbocycles. The van der Waals surface area contributed by atoms with Crippen LogP contribution in [0.15, 0.2) is 65.5 Å². The number of nitrogens with zero attached hydrogens (tertiary/aromatic N) is 6. The quantitative estimate of drug-likeness (QED) is 0.320. The Hall–Kier alpha value is -4.40. The van der Waals surface area contributed by atoms with Crippen molar-refractivity contribution in [3.63, 3.8) is 0 Å². The summed E-state index contributed by atoms with van der Waals surface area (Å²) in [5.41, 5.74) is 3.92. The summed E-state index contributed by atoms with van der Waals surface area (Å²) in [5.74, 6) is 0.597. The van der Waals surface area contributed by atoms with Gasteiger partial charge in [-0.25, -0.2) is 14.2 Å². The number of rotatable bonds is 4. The Morgan fingerprint density at radius 2 is 1.72 bits per heavy atom. The first kappa shape index (κ1) is 19.6. The monoisotopic (exact) mass is 426 g/mol. The van der Waals surface area contributed by atoms with E-state index in [1.165, 1.54) is 16.8 Å². The Balaban J connectivity index is 1.65. The van der Waals surface area contributed by atoms with Crippen molar-refractivity contribution in [3.05, 3.63) is 98.2 Å². The van der Waals surface area contributed by atoms with Gasteiger partial charge < -0.3 is 0 Å². The summed E-state index contributed by atoms with van der Waals surface area (Å²) in [4.78, 5) is 28.2. The molecule has 0 aliphatic carbocycles. The Bertz CT molecular complexity index is 1550. The Morgan fingerprint density at radius 1 is 1.00 bits per heavy atom. The molecule has 158 valence electrons. The molecule has 0 aliphatic heterocycles. The lowest BCUT2D eigenvalue weighted by Crippen LogP contribution is -2.26. The second-order valence-electron chi connectivity index (χ2n) is 7.55. The van der Waals surface area contributed by atoms with E-state index in [0.29, 0.717) is 22.4 Å². The van der Waals surface area contributed by atoms with Crippen molar-refractivity contribution in [3.8, 4) is 11.3 Å². The van der Waals surface area contributed by atoms with Gasteiger partial charge >= 0.3 is 0 Å². The van der Waals surface area contributed by atoms with Gasteiger partial charge in [-0.1, -0.05) is 42.5 Å². The van der Waals surface area contributed by atoms with Gasteiger partial charge in [-0.15, -0.1) is 0 Å². The van der Waals surface area contributed by atoms with Crippen LogP contribution in [0.4, 0.5) is 5.69 Å². The predicted molar refractivity (Wildman–Crippen MR) is 120 cm³/mol. The average molecular weight is 426 g/mol. The van der Waals surface area contributed by atoms with Crippen molar-refractivity contribution in [1.29, 1.82) is 0 Å². The van der Waals surface area contributed by atoms with Crippen LogP contribution in [0.3, 0.4) is 0 Å². The van der Waals surface area contributed by atoms with Gasteiger partial charge in [0, 0.05) is 17.7 Å². The fraction of sp³-hybridized carbons (Fsp3) is 0.130. The highest BCUT2D eigenvalue weighted by Gasteiger charge is 2.17. The van der Waals surface area contributed by atoms with E-state index in [2.05, 4.69) is 15.2 Å². The third-order valence-corrected chi connectivity index (χ3v) is 5.40. The van der Waals surface area contributed by atoms with Crippen LogP contribution < -0.4 is 5.56 Å². The summed E-state index contributed by atoms with van der Waals surface area (Å²) >= 11 is 0. The van der Waals surface area contributed by atoms with Gasteiger partial charge in [-0.05, 0) is 25.5 Å². The predicted octanol–water partition coefficient (Wildman–Crippen LogP) is 3.68. The maximum Gasteiger partial charge on any atom is 0.293 e. The molecule has 0 saturated heterocycles. The number of hydrogen-bond acceptors (Lipinski definition) is 6. The second kappa shape index (κ2) is 7.38. The SMILES string of the molecule is Cc1nn(Cc2ccc([N+](=O)[O-])cc2)c(=O)c2nc(C)n3nc(-c4ccccc4)cc3c12. The molecule has 5 rings (SSSR count). The minimum Gasteiger partial charge on any atom is -0.265 e. The van der Waals surface area contributed by atoms with E-state index in [0.717, 1.165) is 22.3 Å². The number of nitro groups is 1. The first-order chi connectivity index (χ1) is 15.4. The van der Waals surface area contributed by atoms with E-state index in [1.807, 2.05) is 50.2 Å². The van der Waals surface area contributed by atoms with Crippen LogP contribution in [0.5, 0.6) is 0 Å². The molecule has 0 atom stereocenters. The summed E-state index contributed by atoms with van der Waals surface area (Å²) in [6, 6.07) is 17.8. The average Bonchev–Trinajstić information content (AvgIpc) is 3.24. The van der Waals surface area contributed by atoms with E-state index < -0.39 is 4.92 Å². The number of benzene rings is 2. The molecule has 0 bridgehead atoms. The Labute approximate surface area is 181 Å². The third-order valence-electron chi connectivity index (χ3n) is 5.40. The van der Waals surface area contributed by atoms with Crippen LogP contribution >= 0.6 is 0 Å². The molecule has 0 aliphatic rings. The van der Waals surface area contributed by atoms with Crippen molar-refractivity contribution < 1.29 is 4.92 Å². The van der Waals surface area contributed by atoms with E-state index in [-0.39, 0.29) is 17.8 Å². The molecule has 0 amide bonds. The molecule has 0 radical (unpaired) electrons. The van der Waals surface area contributed by atoms with Crippen LogP contribution in [0.1, 0.15) is 17.1 Å². The summed E-state index contributed by atoms with van der Waals surface area (Å²) in [7, 11) is 0. The largest absolute Gasteiger partial charge is 0.293 e. The molecule has 9 heteroatoms. The molecule has 32 heavy (non-hydrogen) atoms. The first-order valence-electron chi connectivity index (χ1n) is 9.99. The van der Waals surface area contributed by atoms with E-state index >= 15 is 0 Å². The number of aryl methyl sites for hydroxylation is 2. The zero-order chi connectivity index (χ0) is 22.4. The van der Waals surface area contributed by atoms with E-state index in [1.54, 1.807) is 16.6 Å². The lowest BCUT2D eigenvalue weighted by molar-refractivity contribution is -0.384. The Kier molecular flexibility index (Phi) is 4.51. The van der Waals surface area contributed by atoms with Crippen molar-refractivity contribution >= 4 is 22.1 Å². The van der Waals surface area contributed by atoms with Gasteiger partial charge in [0.05, 0.1) is 33.8 Å². The summed E-state index contributed by atoms with van der Waals surface area (Å²) < 4.78 is 3.08. The van der Waals surface area contributed by atoms with Gasteiger partial charge in [0.15, 0.2) is 0 Å². The van der Waals surface area contributed by atoms with Crippen LogP contribution in [0.2, 0.25) is 0 Å². The number of hydrogen-bond donors (Lipinski definition) is 0. The normalized spacial score (nSPS) is 11.3. The standard InChI is InChI=1S/C23H18N6O3/c1-14-21-20-12-19(17-6-4-3-5-7-17)26-28(20)15(2)24-22(21)23(30)27(25-14)13-16-8-10-18(11-9-16)29(31)32/h3-12H,13H2,1-2H3. The lowest BCUT2D eigenvalue weighted by Gasteiger charge is -2.10. The van der Waals surface area contributed by atoms with Gasteiger partial charge in [0.1, 0.15) is 11.3 Å². The van der Waals surface area contributed by atoms with Crippen molar-refractivity contribution in [2.45, 2.75) is 20.4 Å². The highest BCUT2D eigenvalue weighted by Crippen LogP contribution is 2.25. The van der Waals surface area contributed by atoms with E-state index in [9.17, 15) is 14.9 Å². The maximum absolute atomic E-state index is 13.2. The molecule has 3 heterocycles. The molecule has 0 spiro atoms. The van der Waals surface area contributed by atoms with Gasteiger partial charge in [0.25, 0.3) is 11.2 Å². The molecule has 0 fully saturated rings. The van der Waals surface area contributed by atoms with Gasteiger partial charge in [-0.3, -0.25) is 14.9 Å². The number of non-ortho nitro benzene ring substituents is 1. The van der Waals surface area contributed by atoms with Crippen LogP contribution in [-0.2, 0) is 6.54 Å². The van der Waals surface area contributed by atoms with Crippen molar-refractivity contribution in [2.24, 2.45) is 0 Å². The van der Waals surface area contributed by atoms with Gasteiger partial charge in [0.2, 0.25) is 0 Å². The minimum absolute atomic E-state index is 0.00150. The van der Waals surface area contributed by atoms with Crippen LogP contribution in [0, 0.1) is 24.0 Å². The second-order valence-corrected chi connectivity index (χ2v) is 7.55. The fourth-order valence-electron chi connectivity index (χ4n) is 3.86. The summed E-state index contributed by atoms with van der Waals surface area (Å²) in [6.07, 6.45) is 0. The highest BCUT2D eigenvalue weighted by atomic mass is 16.6. The zero-order valence-corrected chi connectivity index (χ0v) is 17.4. The minimum atomic E-state index is -0.457.